The molecule has 0 N–H and O–H groups in total. The third-order valence-corrected chi connectivity index (χ3v) is 4.86. The Bertz CT molecular complexity index is 564. The van der Waals surface area contributed by atoms with Crippen molar-refractivity contribution in [3.05, 3.63) is 48.5 Å². The second-order valence-electron chi connectivity index (χ2n) is 5.26. The summed E-state index contributed by atoms with van der Waals surface area (Å²) in [5.41, 5.74) is 2.63. The number of para-hydroxylation sites is 2. The fourth-order valence-corrected chi connectivity index (χ4v) is 3.91. The van der Waals surface area contributed by atoms with Crippen molar-refractivity contribution in [3.8, 4) is 0 Å². The summed E-state index contributed by atoms with van der Waals surface area (Å²) in [6.45, 7) is 2.25. The molecule has 0 fully saturated rings. The number of hydrogen-bond donors (Lipinski definition) is 0. The molecular formula is C17H20N2S. The van der Waals surface area contributed by atoms with Gasteiger partial charge in [0.2, 0.25) is 0 Å². The first kappa shape index (κ1) is 13.5. The van der Waals surface area contributed by atoms with E-state index < -0.39 is 0 Å². The van der Waals surface area contributed by atoms with Gasteiger partial charge in [0, 0.05) is 9.79 Å². The van der Waals surface area contributed by atoms with Crippen LogP contribution in [0.15, 0.2) is 58.3 Å². The van der Waals surface area contributed by atoms with E-state index in [1.807, 2.05) is 11.8 Å². The summed E-state index contributed by atoms with van der Waals surface area (Å²) >= 11 is 1.87. The second-order valence-corrected chi connectivity index (χ2v) is 6.34. The first-order valence-electron chi connectivity index (χ1n) is 7.04. The van der Waals surface area contributed by atoms with Gasteiger partial charge in [-0.05, 0) is 44.8 Å². The molecule has 1 aliphatic rings. The van der Waals surface area contributed by atoms with E-state index in [9.17, 15) is 0 Å². The first-order chi connectivity index (χ1) is 9.72. The Kier molecular flexibility index (Phi) is 3.72. The molecule has 0 saturated carbocycles. The highest BCUT2D eigenvalue weighted by Crippen LogP contribution is 2.49. The standard InChI is InChI=1S/C17H20N2S/c1-4-17(18(2)3)19-13-9-5-7-11-15(13)20-16-12-8-6-10-14(16)19/h5-12,17H,4H2,1-3H3. The van der Waals surface area contributed by atoms with E-state index in [-0.39, 0.29) is 0 Å². The van der Waals surface area contributed by atoms with Gasteiger partial charge in [0.1, 0.15) is 0 Å². The maximum Gasteiger partial charge on any atom is 0.0863 e. The van der Waals surface area contributed by atoms with Gasteiger partial charge in [0.15, 0.2) is 0 Å². The van der Waals surface area contributed by atoms with Gasteiger partial charge < -0.3 is 4.90 Å². The van der Waals surface area contributed by atoms with Crippen molar-refractivity contribution in [2.45, 2.75) is 29.3 Å². The maximum atomic E-state index is 2.47. The average Bonchev–Trinajstić information content (AvgIpc) is 2.47. The lowest BCUT2D eigenvalue weighted by molar-refractivity contribution is 0.289. The molecule has 3 rings (SSSR count). The number of rotatable bonds is 3. The number of fused-ring (bicyclic) bond motifs is 2. The Morgan fingerprint density at radius 3 is 1.90 bits per heavy atom. The molecular weight excluding hydrogens is 264 g/mol. The van der Waals surface area contributed by atoms with Crippen LogP contribution >= 0.6 is 11.8 Å². The van der Waals surface area contributed by atoms with Crippen LogP contribution in [0.4, 0.5) is 11.4 Å². The summed E-state index contributed by atoms with van der Waals surface area (Å²) in [5.74, 6) is 0. The van der Waals surface area contributed by atoms with Crippen LogP contribution in [0.5, 0.6) is 0 Å². The maximum absolute atomic E-state index is 2.47. The Labute approximate surface area is 125 Å². The molecule has 2 nitrogen and oxygen atoms in total. The highest BCUT2D eigenvalue weighted by molar-refractivity contribution is 7.99. The number of hydrogen-bond acceptors (Lipinski definition) is 3. The fourth-order valence-electron chi connectivity index (χ4n) is 2.83. The monoisotopic (exact) mass is 284 g/mol. The molecule has 0 radical (unpaired) electrons. The molecule has 0 saturated heterocycles. The molecule has 104 valence electrons. The minimum absolute atomic E-state index is 0.373. The molecule has 1 unspecified atom stereocenters. The summed E-state index contributed by atoms with van der Waals surface area (Å²) < 4.78 is 0. The third kappa shape index (κ3) is 2.21. The molecule has 0 amide bonds. The van der Waals surface area contributed by atoms with Gasteiger partial charge in [-0.3, -0.25) is 4.90 Å². The molecule has 0 bridgehead atoms. The zero-order chi connectivity index (χ0) is 14.1. The normalized spacial score (nSPS) is 14.9. The highest BCUT2D eigenvalue weighted by atomic mass is 32.2. The van der Waals surface area contributed by atoms with Crippen molar-refractivity contribution in [1.82, 2.24) is 4.90 Å². The summed E-state index contributed by atoms with van der Waals surface area (Å²) in [6.07, 6.45) is 1.46. The van der Waals surface area contributed by atoms with Gasteiger partial charge in [-0.1, -0.05) is 43.0 Å². The molecule has 1 heterocycles. The van der Waals surface area contributed by atoms with Crippen molar-refractivity contribution in [3.63, 3.8) is 0 Å². The van der Waals surface area contributed by atoms with Crippen molar-refractivity contribution in [2.75, 3.05) is 19.0 Å². The number of benzene rings is 2. The van der Waals surface area contributed by atoms with Crippen molar-refractivity contribution >= 4 is 23.1 Å². The van der Waals surface area contributed by atoms with Crippen LogP contribution < -0.4 is 4.90 Å². The van der Waals surface area contributed by atoms with E-state index in [1.54, 1.807) is 0 Å². The minimum atomic E-state index is 0.373. The first-order valence-corrected chi connectivity index (χ1v) is 7.85. The molecule has 1 aliphatic heterocycles. The molecule has 0 aliphatic carbocycles. The molecule has 2 aromatic carbocycles. The van der Waals surface area contributed by atoms with E-state index in [1.165, 1.54) is 21.2 Å². The zero-order valence-electron chi connectivity index (χ0n) is 12.2. The Morgan fingerprint density at radius 2 is 1.45 bits per heavy atom. The average molecular weight is 284 g/mol. The summed E-state index contributed by atoms with van der Waals surface area (Å²) in [7, 11) is 4.31. The van der Waals surface area contributed by atoms with Gasteiger partial charge in [-0.15, -0.1) is 0 Å². The quantitative estimate of drug-likeness (QED) is 0.814. The molecule has 3 heteroatoms. The van der Waals surface area contributed by atoms with Crippen molar-refractivity contribution in [2.24, 2.45) is 0 Å². The summed E-state index contributed by atoms with van der Waals surface area (Å²) in [5, 5.41) is 0. The second kappa shape index (κ2) is 5.51. The minimum Gasteiger partial charge on any atom is -0.323 e. The largest absolute Gasteiger partial charge is 0.323 e. The Hall–Kier alpha value is -1.45. The zero-order valence-corrected chi connectivity index (χ0v) is 13.0. The fraction of sp³-hybridized carbons (Fsp3) is 0.294. The number of nitrogens with zero attached hydrogens (tertiary/aromatic N) is 2. The third-order valence-electron chi connectivity index (χ3n) is 3.73. The van der Waals surface area contributed by atoms with Crippen LogP contribution in [0, 0.1) is 0 Å². The van der Waals surface area contributed by atoms with Gasteiger partial charge in [-0.2, -0.15) is 0 Å². The predicted octanol–water partition coefficient (Wildman–Crippen LogP) is 4.59. The van der Waals surface area contributed by atoms with E-state index in [4.69, 9.17) is 0 Å². The van der Waals surface area contributed by atoms with Gasteiger partial charge in [0.05, 0.1) is 17.5 Å². The highest BCUT2D eigenvalue weighted by Gasteiger charge is 2.28. The van der Waals surface area contributed by atoms with E-state index in [0.29, 0.717) is 6.17 Å². The molecule has 2 aromatic rings. The topological polar surface area (TPSA) is 6.48 Å². The van der Waals surface area contributed by atoms with Crippen LogP contribution in [0.3, 0.4) is 0 Å². The van der Waals surface area contributed by atoms with Gasteiger partial charge in [-0.25, -0.2) is 0 Å². The lowest BCUT2D eigenvalue weighted by Crippen LogP contribution is -2.43. The van der Waals surface area contributed by atoms with Crippen molar-refractivity contribution < 1.29 is 0 Å². The molecule has 0 spiro atoms. The van der Waals surface area contributed by atoms with Crippen LogP contribution in [0.2, 0.25) is 0 Å². The molecule has 1 atom stereocenters. The SMILES string of the molecule is CCC(N(C)C)N1c2ccccc2Sc2ccccc21. The van der Waals surface area contributed by atoms with Crippen molar-refractivity contribution in [1.29, 1.82) is 0 Å². The van der Waals surface area contributed by atoms with E-state index in [0.717, 1.165) is 6.42 Å². The summed E-state index contributed by atoms with van der Waals surface area (Å²) in [6, 6.07) is 17.4. The van der Waals surface area contributed by atoms with E-state index in [2.05, 4.69) is 79.3 Å². The molecule has 0 aromatic heterocycles. The van der Waals surface area contributed by atoms with Crippen LogP contribution in [0.1, 0.15) is 13.3 Å². The Balaban J connectivity index is 2.17. The molecule has 20 heavy (non-hydrogen) atoms. The van der Waals surface area contributed by atoms with Gasteiger partial charge in [0.25, 0.3) is 0 Å². The summed E-state index contributed by atoms with van der Waals surface area (Å²) in [4.78, 5) is 7.45. The van der Waals surface area contributed by atoms with Crippen LogP contribution in [-0.4, -0.2) is 25.2 Å². The lowest BCUT2D eigenvalue weighted by atomic mass is 10.1. The smallest absolute Gasteiger partial charge is 0.0863 e. The predicted molar refractivity (Wildman–Crippen MR) is 86.9 cm³/mol. The number of anilines is 2. The van der Waals surface area contributed by atoms with Crippen LogP contribution in [-0.2, 0) is 0 Å². The Morgan fingerprint density at radius 1 is 0.950 bits per heavy atom. The van der Waals surface area contributed by atoms with Crippen LogP contribution in [0.25, 0.3) is 0 Å². The lowest BCUT2D eigenvalue weighted by Gasteiger charge is -2.41. The van der Waals surface area contributed by atoms with E-state index >= 15 is 0 Å². The van der Waals surface area contributed by atoms with Gasteiger partial charge >= 0.3 is 0 Å².